The molecule has 1 aliphatic heterocycles. The van der Waals surface area contributed by atoms with Crippen molar-refractivity contribution in [2.24, 2.45) is 0 Å². The molecule has 3 heteroatoms. The predicted octanol–water partition coefficient (Wildman–Crippen LogP) is 3.76. The summed E-state index contributed by atoms with van der Waals surface area (Å²) >= 11 is 3.43. The van der Waals surface area contributed by atoms with E-state index in [-0.39, 0.29) is 5.41 Å². The van der Waals surface area contributed by atoms with E-state index in [0.29, 0.717) is 0 Å². The van der Waals surface area contributed by atoms with E-state index in [1.54, 1.807) is 0 Å². The third-order valence-electron chi connectivity index (χ3n) is 3.98. The zero-order valence-corrected chi connectivity index (χ0v) is 12.9. The van der Waals surface area contributed by atoms with Crippen LogP contribution in [-0.2, 0) is 5.41 Å². The first-order valence-electron chi connectivity index (χ1n) is 6.93. The van der Waals surface area contributed by atoms with E-state index in [9.17, 15) is 0 Å². The molecule has 0 aromatic heterocycles. The highest BCUT2D eigenvalue weighted by Crippen LogP contribution is 2.32. The normalized spacial score (nSPS) is 16.4. The largest absolute Gasteiger partial charge is 0.494 e. The van der Waals surface area contributed by atoms with E-state index in [2.05, 4.69) is 51.6 Å². The van der Waals surface area contributed by atoms with E-state index in [4.69, 9.17) is 4.74 Å². The van der Waals surface area contributed by atoms with Crippen LogP contribution in [0.5, 0.6) is 5.75 Å². The van der Waals surface area contributed by atoms with E-state index in [0.717, 1.165) is 36.3 Å². The van der Waals surface area contributed by atoms with Crippen LogP contribution in [0.4, 0.5) is 0 Å². The Morgan fingerprint density at radius 3 is 2.30 bits per heavy atom. The minimum Gasteiger partial charge on any atom is -0.494 e. The number of ether oxygens (including phenoxy) is 1. The Morgan fingerprint density at radius 2 is 1.70 bits per heavy atom. The Morgan fingerprint density at radius 1 is 1.00 bits per heavy atom. The van der Waals surface area contributed by atoms with Crippen LogP contribution in [0.2, 0.25) is 0 Å². The second-order valence-corrected chi connectivity index (χ2v) is 6.22. The molecular weight excluding hydrogens is 314 g/mol. The summed E-state index contributed by atoms with van der Waals surface area (Å²) in [7, 11) is 0. The van der Waals surface area contributed by atoms with Gasteiger partial charge in [-0.05, 0) is 36.2 Å². The minimum absolute atomic E-state index is 0.247. The molecule has 0 saturated carbocycles. The fourth-order valence-corrected chi connectivity index (χ4v) is 2.90. The number of hydrogen-bond acceptors (Lipinski definition) is 2. The smallest absolute Gasteiger partial charge is 0.119 e. The van der Waals surface area contributed by atoms with Crippen LogP contribution in [0.1, 0.15) is 12.0 Å². The molecule has 0 aliphatic carbocycles. The molecule has 3 rings (SSSR count). The molecule has 1 heterocycles. The lowest BCUT2D eigenvalue weighted by molar-refractivity contribution is 0.199. The quantitative estimate of drug-likeness (QED) is 0.900. The monoisotopic (exact) mass is 331 g/mol. The van der Waals surface area contributed by atoms with E-state index < -0.39 is 0 Å². The average Bonchev–Trinajstić information content (AvgIpc) is 2.45. The fraction of sp³-hybridized carbons (Fsp3) is 0.294. The minimum atomic E-state index is 0.247. The molecule has 0 bridgehead atoms. The molecule has 1 fully saturated rings. The number of halogens is 1. The Hall–Kier alpha value is -1.32. The van der Waals surface area contributed by atoms with Crippen LogP contribution in [0.15, 0.2) is 59.1 Å². The van der Waals surface area contributed by atoms with Crippen molar-refractivity contribution in [3.8, 4) is 5.75 Å². The van der Waals surface area contributed by atoms with Crippen molar-refractivity contribution >= 4 is 15.9 Å². The van der Waals surface area contributed by atoms with Gasteiger partial charge in [0.1, 0.15) is 5.75 Å². The van der Waals surface area contributed by atoms with Gasteiger partial charge in [0.15, 0.2) is 0 Å². The van der Waals surface area contributed by atoms with E-state index in [1.807, 2.05) is 24.3 Å². The number of hydrogen-bond donors (Lipinski definition) is 1. The standard InChI is InChI=1S/C17H18BrNO/c18-15-6-8-16(9-7-15)20-11-10-17(12-19-13-17)14-4-2-1-3-5-14/h1-9,19H,10-13H2. The van der Waals surface area contributed by atoms with Crippen LogP contribution >= 0.6 is 15.9 Å². The highest BCUT2D eigenvalue weighted by Gasteiger charge is 2.38. The van der Waals surface area contributed by atoms with Crippen molar-refractivity contribution in [1.29, 1.82) is 0 Å². The molecule has 20 heavy (non-hydrogen) atoms. The summed E-state index contributed by atoms with van der Waals surface area (Å²) in [5, 5.41) is 3.39. The van der Waals surface area contributed by atoms with Gasteiger partial charge in [-0.25, -0.2) is 0 Å². The summed E-state index contributed by atoms with van der Waals surface area (Å²) in [5.41, 5.74) is 1.66. The summed E-state index contributed by atoms with van der Waals surface area (Å²) in [6.45, 7) is 2.83. The first-order chi connectivity index (χ1) is 9.78. The van der Waals surface area contributed by atoms with Gasteiger partial charge in [-0.15, -0.1) is 0 Å². The molecule has 1 saturated heterocycles. The number of rotatable bonds is 5. The Kier molecular flexibility index (Phi) is 4.08. The maximum absolute atomic E-state index is 5.87. The molecule has 2 nitrogen and oxygen atoms in total. The van der Waals surface area contributed by atoms with E-state index >= 15 is 0 Å². The molecule has 0 atom stereocenters. The van der Waals surface area contributed by atoms with Crippen molar-refractivity contribution in [1.82, 2.24) is 5.32 Å². The topological polar surface area (TPSA) is 21.3 Å². The Labute approximate surface area is 128 Å². The zero-order valence-electron chi connectivity index (χ0n) is 11.3. The van der Waals surface area contributed by atoms with Crippen molar-refractivity contribution < 1.29 is 4.74 Å². The third-order valence-corrected chi connectivity index (χ3v) is 4.50. The van der Waals surface area contributed by atoms with Crippen LogP contribution in [0, 0.1) is 0 Å². The summed E-state index contributed by atoms with van der Waals surface area (Å²) in [5.74, 6) is 0.934. The SMILES string of the molecule is Brc1ccc(OCCC2(c3ccccc3)CNC2)cc1. The average molecular weight is 332 g/mol. The lowest BCUT2D eigenvalue weighted by Gasteiger charge is -2.43. The van der Waals surface area contributed by atoms with Crippen LogP contribution in [0.25, 0.3) is 0 Å². The van der Waals surface area contributed by atoms with Gasteiger partial charge < -0.3 is 10.1 Å². The second-order valence-electron chi connectivity index (χ2n) is 5.30. The van der Waals surface area contributed by atoms with Gasteiger partial charge in [0.2, 0.25) is 0 Å². The number of nitrogens with one attached hydrogen (secondary N) is 1. The molecule has 1 aliphatic rings. The lowest BCUT2D eigenvalue weighted by Crippen LogP contribution is -2.57. The van der Waals surface area contributed by atoms with Gasteiger partial charge in [-0.1, -0.05) is 46.3 Å². The summed E-state index contributed by atoms with van der Waals surface area (Å²) < 4.78 is 6.94. The molecule has 0 radical (unpaired) electrons. The van der Waals surface area contributed by atoms with Crippen molar-refractivity contribution in [3.63, 3.8) is 0 Å². The maximum atomic E-state index is 5.87. The molecule has 104 valence electrons. The summed E-state index contributed by atoms with van der Waals surface area (Å²) in [6.07, 6.45) is 1.04. The van der Waals surface area contributed by atoms with Crippen molar-refractivity contribution in [2.75, 3.05) is 19.7 Å². The van der Waals surface area contributed by atoms with Crippen LogP contribution in [-0.4, -0.2) is 19.7 Å². The third kappa shape index (κ3) is 2.89. The summed E-state index contributed by atoms with van der Waals surface area (Å²) in [4.78, 5) is 0. The molecule has 2 aromatic rings. The lowest BCUT2D eigenvalue weighted by atomic mass is 9.73. The van der Waals surface area contributed by atoms with Gasteiger partial charge in [0, 0.05) is 23.0 Å². The fourth-order valence-electron chi connectivity index (χ4n) is 2.64. The molecule has 0 amide bonds. The number of benzene rings is 2. The Bertz CT molecular complexity index is 549. The maximum Gasteiger partial charge on any atom is 0.119 e. The van der Waals surface area contributed by atoms with Crippen molar-refractivity contribution in [2.45, 2.75) is 11.8 Å². The molecular formula is C17H18BrNO. The van der Waals surface area contributed by atoms with Gasteiger partial charge in [-0.2, -0.15) is 0 Å². The highest BCUT2D eigenvalue weighted by atomic mass is 79.9. The molecule has 0 spiro atoms. The van der Waals surface area contributed by atoms with Gasteiger partial charge in [0.05, 0.1) is 6.61 Å². The van der Waals surface area contributed by atoms with Crippen LogP contribution in [0.3, 0.4) is 0 Å². The van der Waals surface area contributed by atoms with Crippen molar-refractivity contribution in [3.05, 3.63) is 64.6 Å². The van der Waals surface area contributed by atoms with E-state index in [1.165, 1.54) is 5.56 Å². The molecule has 1 N–H and O–H groups in total. The summed E-state index contributed by atoms with van der Waals surface area (Å²) in [6, 6.07) is 18.8. The first-order valence-corrected chi connectivity index (χ1v) is 7.72. The second kappa shape index (κ2) is 5.98. The highest BCUT2D eigenvalue weighted by molar-refractivity contribution is 9.10. The zero-order chi connectivity index (χ0) is 13.8. The Balaban J connectivity index is 1.60. The predicted molar refractivity (Wildman–Crippen MR) is 85.2 cm³/mol. The molecule has 0 unspecified atom stereocenters. The first kappa shape index (κ1) is 13.7. The van der Waals surface area contributed by atoms with Gasteiger partial charge in [0.25, 0.3) is 0 Å². The molecule has 2 aromatic carbocycles. The van der Waals surface area contributed by atoms with Gasteiger partial charge in [-0.3, -0.25) is 0 Å². The van der Waals surface area contributed by atoms with Crippen LogP contribution < -0.4 is 10.1 Å². The van der Waals surface area contributed by atoms with Gasteiger partial charge >= 0.3 is 0 Å².